The van der Waals surface area contributed by atoms with Gasteiger partial charge < -0.3 is 19.9 Å². The van der Waals surface area contributed by atoms with Crippen LogP contribution in [0.3, 0.4) is 0 Å². The summed E-state index contributed by atoms with van der Waals surface area (Å²) in [5, 5.41) is 10.2. The predicted octanol–water partition coefficient (Wildman–Crippen LogP) is 5.80. The zero-order valence-electron chi connectivity index (χ0n) is 22.1. The number of amides is 1. The highest BCUT2D eigenvalue weighted by Crippen LogP contribution is 2.34. The molecule has 2 N–H and O–H groups in total. The second-order valence-electron chi connectivity index (χ2n) is 9.94. The molecule has 0 unspecified atom stereocenters. The van der Waals surface area contributed by atoms with Crippen LogP contribution in [0.4, 0.5) is 28.9 Å². The normalized spacial score (nSPS) is 16.4. The second-order valence-corrected chi connectivity index (χ2v) is 12.2. The largest absolute Gasteiger partial charge is 0.573 e. The summed E-state index contributed by atoms with van der Waals surface area (Å²) in [6, 6.07) is 8.36. The highest BCUT2D eigenvalue weighted by atomic mass is 32.2. The molecule has 1 saturated heterocycles. The molecule has 0 spiro atoms. The first-order valence-electron chi connectivity index (χ1n) is 12.6. The summed E-state index contributed by atoms with van der Waals surface area (Å²) in [5.74, 6) is -2.47. The zero-order valence-corrected chi connectivity index (χ0v) is 22.9. The lowest BCUT2D eigenvalue weighted by atomic mass is 9.99. The summed E-state index contributed by atoms with van der Waals surface area (Å²) in [4.78, 5) is 13.2. The molecule has 3 aromatic rings. The van der Waals surface area contributed by atoms with Crippen molar-refractivity contribution in [1.82, 2.24) is 5.16 Å². The van der Waals surface area contributed by atoms with Gasteiger partial charge >= 0.3 is 6.36 Å². The molecular formula is C27H29F4N3O5S. The van der Waals surface area contributed by atoms with Crippen LogP contribution in [0.15, 0.2) is 40.9 Å². The number of alkyl halides is 3. The van der Waals surface area contributed by atoms with E-state index in [9.17, 15) is 30.8 Å². The number of hydrogen-bond acceptors (Lipinski definition) is 7. The van der Waals surface area contributed by atoms with Crippen molar-refractivity contribution in [1.29, 1.82) is 0 Å². The number of rotatable bonds is 8. The summed E-state index contributed by atoms with van der Waals surface area (Å²) in [6.45, 7) is 5.18. The van der Waals surface area contributed by atoms with E-state index < -0.39 is 39.6 Å². The molecule has 8 nitrogen and oxygen atoms in total. The molecule has 216 valence electrons. The van der Waals surface area contributed by atoms with Crippen LogP contribution in [-0.4, -0.2) is 43.4 Å². The van der Waals surface area contributed by atoms with Gasteiger partial charge in [0.25, 0.3) is 0 Å². The van der Waals surface area contributed by atoms with Gasteiger partial charge in [-0.1, -0.05) is 24.2 Å². The highest BCUT2D eigenvalue weighted by Gasteiger charge is 2.32. The van der Waals surface area contributed by atoms with Crippen LogP contribution in [0.25, 0.3) is 11.1 Å². The van der Waals surface area contributed by atoms with E-state index in [0.29, 0.717) is 41.2 Å². The Morgan fingerprint density at radius 3 is 2.42 bits per heavy atom. The molecule has 0 aliphatic carbocycles. The number of halogens is 4. The number of benzene rings is 2. The van der Waals surface area contributed by atoms with Gasteiger partial charge in [-0.3, -0.25) is 4.79 Å². The van der Waals surface area contributed by atoms with Gasteiger partial charge in [-0.15, -0.1) is 13.2 Å². The van der Waals surface area contributed by atoms with Gasteiger partial charge in [0.2, 0.25) is 5.91 Å². The fraction of sp³-hybridized carbons (Fsp3) is 0.407. The Morgan fingerprint density at radius 2 is 1.82 bits per heavy atom. The molecule has 1 fully saturated rings. The Balaban J connectivity index is 1.54. The van der Waals surface area contributed by atoms with E-state index in [0.717, 1.165) is 23.3 Å². The number of carbonyl (C=O) groups is 1. The van der Waals surface area contributed by atoms with Crippen molar-refractivity contribution in [3.05, 3.63) is 59.2 Å². The number of anilines is 2. The molecule has 1 aliphatic rings. The van der Waals surface area contributed by atoms with Gasteiger partial charge in [-0.05, 0) is 68.5 Å². The van der Waals surface area contributed by atoms with E-state index in [1.165, 1.54) is 6.07 Å². The van der Waals surface area contributed by atoms with Crippen molar-refractivity contribution in [2.75, 3.05) is 22.1 Å². The van der Waals surface area contributed by atoms with E-state index in [-0.39, 0.29) is 24.0 Å². The number of nitrogens with one attached hydrogen (secondary N) is 2. The Labute approximate surface area is 229 Å². The van der Waals surface area contributed by atoms with Gasteiger partial charge in [0.1, 0.15) is 15.6 Å². The number of sulfone groups is 1. The lowest BCUT2D eigenvalue weighted by Crippen LogP contribution is -2.32. The molecule has 0 radical (unpaired) electrons. The molecule has 4 rings (SSSR count). The number of aromatic nitrogens is 1. The number of aryl methyl sites for hydroxylation is 2. The smallest absolute Gasteiger partial charge is 0.403 e. The Morgan fingerprint density at radius 1 is 1.12 bits per heavy atom. The maximum absolute atomic E-state index is 14.2. The monoisotopic (exact) mass is 583 g/mol. The fourth-order valence-corrected chi connectivity index (χ4v) is 6.15. The minimum absolute atomic E-state index is 0.0574. The highest BCUT2D eigenvalue weighted by molar-refractivity contribution is 7.91. The van der Waals surface area contributed by atoms with Crippen LogP contribution in [0.5, 0.6) is 5.75 Å². The van der Waals surface area contributed by atoms with Gasteiger partial charge in [0.05, 0.1) is 28.6 Å². The van der Waals surface area contributed by atoms with Gasteiger partial charge in [-0.2, -0.15) is 0 Å². The van der Waals surface area contributed by atoms with Gasteiger partial charge in [0.15, 0.2) is 11.6 Å². The minimum atomic E-state index is -5.02. The Hall–Kier alpha value is -3.61. The first-order valence-corrected chi connectivity index (χ1v) is 14.4. The molecule has 1 amide bonds. The molecule has 40 heavy (non-hydrogen) atoms. The summed E-state index contributed by atoms with van der Waals surface area (Å²) in [6.07, 6.45) is -4.11. The predicted molar refractivity (Wildman–Crippen MR) is 141 cm³/mol. The van der Waals surface area contributed by atoms with E-state index in [4.69, 9.17) is 4.52 Å². The van der Waals surface area contributed by atoms with Crippen molar-refractivity contribution in [2.45, 2.75) is 52.4 Å². The van der Waals surface area contributed by atoms with Crippen molar-refractivity contribution in [2.24, 2.45) is 5.92 Å². The summed E-state index contributed by atoms with van der Waals surface area (Å²) in [7, 11) is -3.06. The first-order chi connectivity index (χ1) is 18.7. The molecule has 13 heteroatoms. The molecule has 0 bridgehead atoms. The topological polar surface area (TPSA) is 111 Å². The molecule has 2 aromatic carbocycles. The van der Waals surface area contributed by atoms with Crippen LogP contribution in [0.1, 0.15) is 36.8 Å². The second kappa shape index (κ2) is 11.5. The number of ether oxygens (including phenoxy) is 1. The van der Waals surface area contributed by atoms with Crippen LogP contribution in [0.2, 0.25) is 0 Å². The van der Waals surface area contributed by atoms with Crippen LogP contribution in [0, 0.1) is 25.6 Å². The third-order valence-corrected chi connectivity index (χ3v) is 8.44. The maximum Gasteiger partial charge on any atom is 0.573 e. The average molecular weight is 584 g/mol. The Kier molecular flexibility index (Phi) is 8.43. The van der Waals surface area contributed by atoms with E-state index in [1.807, 2.05) is 6.07 Å². The molecular weight excluding hydrogens is 554 g/mol. The van der Waals surface area contributed by atoms with Crippen molar-refractivity contribution < 1.29 is 40.0 Å². The number of carbonyl (C=O) groups excluding carboxylic acids is 1. The van der Waals surface area contributed by atoms with Crippen molar-refractivity contribution in [3.63, 3.8) is 0 Å². The standard InChI is InChI=1S/C27H29F4N3O5S/c1-15(12-18-4-7-24(21(28)13-18)38-27(29,30)31)26(35)33-23-14-19(25-16(2)34-39-17(25)3)5-6-22(23)32-20-8-10-40(36,37)11-9-20/h4-7,13-15,20,32H,8-12H2,1-3H3,(H,33,35)/t15-/m1/s1. The van der Waals surface area contributed by atoms with E-state index in [1.54, 1.807) is 32.9 Å². The van der Waals surface area contributed by atoms with E-state index in [2.05, 4.69) is 20.5 Å². The first kappa shape index (κ1) is 29.4. The molecule has 2 heterocycles. The third-order valence-electron chi connectivity index (χ3n) is 6.73. The lowest BCUT2D eigenvalue weighted by molar-refractivity contribution is -0.275. The lowest BCUT2D eigenvalue weighted by Gasteiger charge is -2.26. The molecule has 0 saturated carbocycles. The molecule has 1 aromatic heterocycles. The maximum atomic E-state index is 14.2. The number of nitrogens with zero attached hydrogens (tertiary/aromatic N) is 1. The average Bonchev–Trinajstić information content (AvgIpc) is 3.20. The molecule has 1 atom stereocenters. The van der Waals surface area contributed by atoms with Gasteiger partial charge in [-0.25, -0.2) is 12.8 Å². The Bertz CT molecular complexity index is 1470. The molecule has 1 aliphatic heterocycles. The summed E-state index contributed by atoms with van der Waals surface area (Å²) < 4.78 is 84.1. The van der Waals surface area contributed by atoms with E-state index >= 15 is 0 Å². The van der Waals surface area contributed by atoms with Crippen LogP contribution < -0.4 is 15.4 Å². The third kappa shape index (κ3) is 7.32. The minimum Gasteiger partial charge on any atom is -0.403 e. The quantitative estimate of drug-likeness (QED) is 0.323. The summed E-state index contributed by atoms with van der Waals surface area (Å²) >= 11 is 0. The van der Waals surface area contributed by atoms with Crippen LogP contribution in [-0.2, 0) is 21.1 Å². The fourth-order valence-electron chi connectivity index (χ4n) is 4.66. The number of hydrogen-bond donors (Lipinski definition) is 2. The van der Waals surface area contributed by atoms with Crippen molar-refractivity contribution in [3.8, 4) is 16.9 Å². The zero-order chi connectivity index (χ0) is 29.2. The SMILES string of the molecule is Cc1noc(C)c1-c1ccc(NC2CCS(=O)(=O)CC2)c(NC(=O)[C@H](C)Cc2ccc(OC(F)(F)F)c(F)c2)c1. The van der Waals surface area contributed by atoms with Crippen molar-refractivity contribution >= 4 is 27.1 Å². The summed E-state index contributed by atoms with van der Waals surface area (Å²) in [5.41, 5.74) is 3.55. The van der Waals surface area contributed by atoms with Gasteiger partial charge in [0, 0.05) is 17.5 Å². The van der Waals surface area contributed by atoms with Crippen LogP contribution >= 0.6 is 0 Å².